The van der Waals surface area contributed by atoms with Crippen LogP contribution in [0.3, 0.4) is 0 Å². The number of hydrogen-bond acceptors (Lipinski definition) is 8. The highest BCUT2D eigenvalue weighted by Gasteiger charge is 2.21. The highest BCUT2D eigenvalue weighted by molar-refractivity contribution is 7.21. The number of fused-ring (bicyclic) bond motifs is 2. The minimum Gasteiger partial charge on any atom is -0.496 e. The molecule has 2 heterocycles. The first kappa shape index (κ1) is 29.7. The first-order valence-corrected chi connectivity index (χ1v) is 15.1. The van der Waals surface area contributed by atoms with Gasteiger partial charge in [-0.1, -0.05) is 20.8 Å². The molecular weight excluding hydrogens is 544 g/mol. The van der Waals surface area contributed by atoms with Crippen molar-refractivity contribution in [1.82, 2.24) is 0 Å². The van der Waals surface area contributed by atoms with Gasteiger partial charge in [0.15, 0.2) is 11.6 Å². The maximum atomic E-state index is 12.8. The lowest BCUT2D eigenvalue weighted by molar-refractivity contribution is -0.144. The van der Waals surface area contributed by atoms with Crippen molar-refractivity contribution >= 4 is 60.4 Å². The molecule has 2 aromatic carbocycles. The van der Waals surface area contributed by atoms with E-state index in [2.05, 4.69) is 26.0 Å². The van der Waals surface area contributed by atoms with Crippen LogP contribution >= 0.6 is 22.7 Å². The van der Waals surface area contributed by atoms with Gasteiger partial charge in [-0.05, 0) is 83.5 Å². The SMILES string of the molecule is COC(=O)[C@@H](C)CC(=O)c1cc2cc(CCCc3cc4cc(C(=O)CC(C)C)sc4cc3OC)c(OC)cc2s1. The van der Waals surface area contributed by atoms with E-state index >= 15 is 0 Å². The number of thiophene rings is 2. The Hall–Kier alpha value is -3.23. The van der Waals surface area contributed by atoms with Crippen molar-refractivity contribution in [3.05, 3.63) is 57.3 Å². The molecule has 0 saturated heterocycles. The third-order valence-electron chi connectivity index (χ3n) is 6.97. The number of esters is 1. The molecule has 0 saturated carbocycles. The predicted octanol–water partition coefficient (Wildman–Crippen LogP) is 7.92. The first-order valence-electron chi connectivity index (χ1n) is 13.5. The Morgan fingerprint density at radius 3 is 1.60 bits per heavy atom. The molecule has 212 valence electrons. The van der Waals surface area contributed by atoms with Crippen molar-refractivity contribution < 1.29 is 28.6 Å². The van der Waals surface area contributed by atoms with Crippen LogP contribution in [0, 0.1) is 11.8 Å². The summed E-state index contributed by atoms with van der Waals surface area (Å²) in [7, 11) is 4.68. The van der Waals surface area contributed by atoms with Crippen LogP contribution in [-0.2, 0) is 22.4 Å². The van der Waals surface area contributed by atoms with Crippen molar-refractivity contribution in [3.8, 4) is 11.5 Å². The summed E-state index contributed by atoms with van der Waals surface area (Å²) in [5.74, 6) is 1.22. The lowest BCUT2D eigenvalue weighted by Crippen LogP contribution is -2.16. The first-order chi connectivity index (χ1) is 19.1. The Kier molecular flexibility index (Phi) is 9.64. The zero-order valence-corrected chi connectivity index (χ0v) is 25.6. The van der Waals surface area contributed by atoms with Gasteiger partial charge in [0.25, 0.3) is 0 Å². The Bertz CT molecular complexity index is 1540. The summed E-state index contributed by atoms with van der Waals surface area (Å²) < 4.78 is 18.2. The molecule has 0 amide bonds. The van der Waals surface area contributed by atoms with Gasteiger partial charge in [-0.3, -0.25) is 14.4 Å². The largest absolute Gasteiger partial charge is 0.496 e. The molecule has 0 aliphatic carbocycles. The van der Waals surface area contributed by atoms with Gasteiger partial charge < -0.3 is 14.2 Å². The molecule has 8 heteroatoms. The molecule has 0 spiro atoms. The molecule has 0 N–H and O–H groups in total. The molecule has 0 fully saturated rings. The normalized spacial score (nSPS) is 12.2. The number of ether oxygens (including phenoxy) is 3. The van der Waals surface area contributed by atoms with E-state index in [1.807, 2.05) is 24.3 Å². The van der Waals surface area contributed by atoms with Crippen LogP contribution in [0.1, 0.15) is 70.5 Å². The minimum absolute atomic E-state index is 0.0652. The number of carbonyl (C=O) groups excluding carboxylic acids is 3. The second kappa shape index (κ2) is 13.0. The molecule has 2 aromatic heterocycles. The van der Waals surface area contributed by atoms with E-state index in [0.717, 1.165) is 66.9 Å². The van der Waals surface area contributed by atoms with Crippen LogP contribution in [-0.4, -0.2) is 38.9 Å². The number of hydrogen-bond donors (Lipinski definition) is 0. The van der Waals surface area contributed by atoms with Gasteiger partial charge in [0.05, 0.1) is 37.0 Å². The number of rotatable bonds is 13. The number of methoxy groups -OCH3 is 3. The average Bonchev–Trinajstić information content (AvgIpc) is 3.54. The molecule has 0 aliphatic rings. The number of aryl methyl sites for hydroxylation is 2. The molecule has 40 heavy (non-hydrogen) atoms. The Morgan fingerprint density at radius 1 is 0.700 bits per heavy atom. The predicted molar refractivity (Wildman–Crippen MR) is 163 cm³/mol. The Balaban J connectivity index is 1.50. The molecule has 0 radical (unpaired) electrons. The molecule has 1 atom stereocenters. The van der Waals surface area contributed by atoms with Crippen molar-refractivity contribution in [1.29, 1.82) is 0 Å². The van der Waals surface area contributed by atoms with E-state index in [0.29, 0.717) is 17.2 Å². The van der Waals surface area contributed by atoms with Gasteiger partial charge in [-0.15, -0.1) is 22.7 Å². The van der Waals surface area contributed by atoms with Crippen LogP contribution in [0.25, 0.3) is 20.2 Å². The standard InChI is InChI=1S/C32H36O6S2/c1-18(2)10-24(33)30-14-22-12-20(26(36-4)16-28(22)39-30)8-7-9-21-13-23-15-31(40-29(23)17-27(21)37-5)25(34)11-19(3)32(35)38-6/h12-19H,7-11H2,1-6H3/t19-/m0/s1. The van der Waals surface area contributed by atoms with Crippen LogP contribution in [0.2, 0.25) is 0 Å². The van der Waals surface area contributed by atoms with Crippen molar-refractivity contribution in [2.75, 3.05) is 21.3 Å². The van der Waals surface area contributed by atoms with Gasteiger partial charge in [-0.2, -0.15) is 0 Å². The van der Waals surface area contributed by atoms with Crippen LogP contribution in [0.4, 0.5) is 0 Å². The summed E-state index contributed by atoms with van der Waals surface area (Å²) in [5.41, 5.74) is 2.19. The van der Waals surface area contributed by atoms with E-state index < -0.39 is 5.92 Å². The van der Waals surface area contributed by atoms with Crippen molar-refractivity contribution in [2.45, 2.75) is 52.9 Å². The van der Waals surface area contributed by atoms with Crippen LogP contribution in [0.5, 0.6) is 11.5 Å². The summed E-state index contributed by atoms with van der Waals surface area (Å²) in [5, 5.41) is 2.06. The molecule has 4 aromatic rings. The summed E-state index contributed by atoms with van der Waals surface area (Å²) in [6, 6.07) is 12.2. The average molecular weight is 581 g/mol. The molecule has 0 aliphatic heterocycles. The van der Waals surface area contributed by atoms with E-state index in [9.17, 15) is 14.4 Å². The minimum atomic E-state index is -0.481. The fourth-order valence-electron chi connectivity index (χ4n) is 4.88. The van der Waals surface area contributed by atoms with E-state index in [-0.39, 0.29) is 24.0 Å². The molecule has 0 bridgehead atoms. The zero-order chi connectivity index (χ0) is 29.0. The Labute approximate surface area is 243 Å². The molecular formula is C32H36O6S2. The summed E-state index contributed by atoms with van der Waals surface area (Å²) in [4.78, 5) is 38.6. The summed E-state index contributed by atoms with van der Waals surface area (Å²) in [6.07, 6.45) is 3.15. The number of ketones is 2. The zero-order valence-electron chi connectivity index (χ0n) is 23.9. The van der Waals surface area contributed by atoms with Gasteiger partial charge >= 0.3 is 5.97 Å². The molecule has 6 nitrogen and oxygen atoms in total. The van der Waals surface area contributed by atoms with Crippen molar-refractivity contribution in [2.24, 2.45) is 11.8 Å². The topological polar surface area (TPSA) is 78.9 Å². The number of Topliss-reactive ketones (excluding diaryl/α,β-unsaturated/α-hetero) is 2. The second-order valence-electron chi connectivity index (χ2n) is 10.6. The maximum absolute atomic E-state index is 12.8. The molecule has 4 rings (SSSR count). The van der Waals surface area contributed by atoms with Crippen molar-refractivity contribution in [3.63, 3.8) is 0 Å². The van der Waals surface area contributed by atoms with E-state index in [1.54, 1.807) is 21.1 Å². The third kappa shape index (κ3) is 6.73. The lowest BCUT2D eigenvalue weighted by atomic mass is 10.00. The summed E-state index contributed by atoms with van der Waals surface area (Å²) in [6.45, 7) is 5.82. The maximum Gasteiger partial charge on any atom is 0.308 e. The fourth-order valence-corrected chi connectivity index (χ4v) is 6.92. The lowest BCUT2D eigenvalue weighted by Gasteiger charge is -2.11. The van der Waals surface area contributed by atoms with Gasteiger partial charge in [-0.25, -0.2) is 0 Å². The highest BCUT2D eigenvalue weighted by Crippen LogP contribution is 2.36. The number of carbonyl (C=O) groups is 3. The van der Waals surface area contributed by atoms with Gasteiger partial charge in [0, 0.05) is 22.2 Å². The van der Waals surface area contributed by atoms with Crippen LogP contribution in [0.15, 0.2) is 36.4 Å². The summed E-state index contributed by atoms with van der Waals surface area (Å²) >= 11 is 2.95. The highest BCUT2D eigenvalue weighted by atomic mass is 32.1. The van der Waals surface area contributed by atoms with Gasteiger partial charge in [0.2, 0.25) is 0 Å². The molecule has 0 unspecified atom stereocenters. The number of benzene rings is 2. The monoisotopic (exact) mass is 580 g/mol. The van der Waals surface area contributed by atoms with Gasteiger partial charge in [0.1, 0.15) is 11.5 Å². The fraction of sp³-hybridized carbons (Fsp3) is 0.406. The van der Waals surface area contributed by atoms with E-state index in [4.69, 9.17) is 14.2 Å². The Morgan fingerprint density at radius 2 is 1.18 bits per heavy atom. The van der Waals surface area contributed by atoms with Crippen LogP contribution < -0.4 is 9.47 Å². The third-order valence-corrected chi connectivity index (χ3v) is 9.25. The quantitative estimate of drug-likeness (QED) is 0.118. The smallest absolute Gasteiger partial charge is 0.308 e. The van der Waals surface area contributed by atoms with E-state index in [1.165, 1.54) is 29.8 Å². The second-order valence-corrected chi connectivity index (χ2v) is 12.7.